The Balaban J connectivity index is 2.34. The largest absolute Gasteiger partial charge is 0.433 e. The lowest BCUT2D eigenvalue weighted by atomic mass is 10.1. The Morgan fingerprint density at radius 3 is 3.07 bits per heavy atom. The number of rotatable bonds is 0. The third-order valence-electron chi connectivity index (χ3n) is 2.94. The van der Waals surface area contributed by atoms with Gasteiger partial charge in [-0.15, -0.1) is 11.3 Å². The van der Waals surface area contributed by atoms with E-state index in [-0.39, 0.29) is 0 Å². The number of thiophene rings is 1. The molecular formula is C11H11NOS2. The molecule has 15 heavy (non-hydrogen) atoms. The molecule has 2 aromatic rings. The van der Waals surface area contributed by atoms with Gasteiger partial charge in [0.15, 0.2) is 6.39 Å². The molecule has 0 saturated carbocycles. The van der Waals surface area contributed by atoms with Gasteiger partial charge >= 0.3 is 0 Å². The Morgan fingerprint density at radius 2 is 2.13 bits per heavy atom. The summed E-state index contributed by atoms with van der Waals surface area (Å²) in [5.74, 6) is 0. The average Bonchev–Trinajstić information content (AvgIpc) is 2.43. The van der Waals surface area contributed by atoms with Crippen molar-refractivity contribution in [3.8, 4) is 0 Å². The third kappa shape index (κ3) is 1.52. The molecule has 0 bridgehead atoms. The first kappa shape index (κ1) is 9.48. The summed E-state index contributed by atoms with van der Waals surface area (Å²) in [7, 11) is 0. The zero-order chi connectivity index (χ0) is 10.3. The number of aryl methyl sites for hydroxylation is 2. The van der Waals surface area contributed by atoms with E-state index in [1.165, 1.54) is 42.5 Å². The first-order chi connectivity index (χ1) is 7.36. The minimum atomic E-state index is 0.611. The van der Waals surface area contributed by atoms with E-state index in [0.29, 0.717) is 4.71 Å². The number of aromatic nitrogens is 1. The molecule has 0 unspecified atom stereocenters. The molecule has 78 valence electrons. The molecule has 2 nitrogen and oxygen atoms in total. The van der Waals surface area contributed by atoms with Crippen molar-refractivity contribution in [3.05, 3.63) is 21.5 Å². The van der Waals surface area contributed by atoms with Gasteiger partial charge in [-0.25, -0.2) is 4.98 Å². The van der Waals surface area contributed by atoms with E-state index in [4.69, 9.17) is 16.6 Å². The quantitative estimate of drug-likeness (QED) is 0.513. The van der Waals surface area contributed by atoms with Crippen molar-refractivity contribution in [3.63, 3.8) is 0 Å². The lowest BCUT2D eigenvalue weighted by Gasteiger charge is -1.96. The van der Waals surface area contributed by atoms with Crippen molar-refractivity contribution in [1.82, 2.24) is 4.98 Å². The maximum atomic E-state index is 5.24. The monoisotopic (exact) mass is 237 g/mol. The fourth-order valence-electron chi connectivity index (χ4n) is 2.21. The Labute approximate surface area is 97.0 Å². The highest BCUT2D eigenvalue weighted by Crippen LogP contribution is 2.34. The molecule has 0 aliphatic heterocycles. The molecule has 0 radical (unpaired) electrons. The van der Waals surface area contributed by atoms with Gasteiger partial charge in [-0.1, -0.05) is 6.42 Å². The van der Waals surface area contributed by atoms with E-state index in [2.05, 4.69) is 4.98 Å². The molecule has 0 saturated heterocycles. The summed E-state index contributed by atoms with van der Waals surface area (Å²) in [6, 6.07) is 0. The number of hydrogen-bond acceptors (Lipinski definition) is 4. The minimum absolute atomic E-state index is 0.611. The number of fused-ring (bicyclic) bond motifs is 3. The summed E-state index contributed by atoms with van der Waals surface area (Å²) >= 11 is 7.03. The molecule has 4 heteroatoms. The van der Waals surface area contributed by atoms with E-state index in [9.17, 15) is 0 Å². The molecule has 0 aromatic carbocycles. The van der Waals surface area contributed by atoms with Crippen molar-refractivity contribution in [2.24, 2.45) is 0 Å². The summed E-state index contributed by atoms with van der Waals surface area (Å²) < 4.78 is 5.83. The van der Waals surface area contributed by atoms with Crippen LogP contribution in [0.3, 0.4) is 0 Å². The lowest BCUT2D eigenvalue weighted by Crippen LogP contribution is -1.84. The molecular weight excluding hydrogens is 226 g/mol. The van der Waals surface area contributed by atoms with Gasteiger partial charge in [0.25, 0.3) is 0 Å². The molecule has 0 fully saturated rings. The Kier molecular flexibility index (Phi) is 2.33. The highest BCUT2D eigenvalue weighted by Gasteiger charge is 2.16. The topological polar surface area (TPSA) is 26.0 Å². The highest BCUT2D eigenvalue weighted by atomic mass is 32.1. The predicted molar refractivity (Wildman–Crippen MR) is 64.0 cm³/mol. The Hall–Kier alpha value is -0.740. The summed E-state index contributed by atoms with van der Waals surface area (Å²) in [5, 5.41) is 1.11. The van der Waals surface area contributed by atoms with Crippen molar-refractivity contribution in [2.45, 2.75) is 32.1 Å². The second kappa shape index (κ2) is 3.68. The van der Waals surface area contributed by atoms with Crippen molar-refractivity contribution < 1.29 is 4.42 Å². The predicted octanol–water partition coefficient (Wildman–Crippen LogP) is 3.89. The number of hydrogen-bond donors (Lipinski definition) is 0. The van der Waals surface area contributed by atoms with Gasteiger partial charge in [-0.2, -0.15) is 0 Å². The fourth-order valence-corrected chi connectivity index (χ4v) is 3.76. The minimum Gasteiger partial charge on any atom is -0.433 e. The van der Waals surface area contributed by atoms with Gasteiger partial charge in [-0.3, -0.25) is 0 Å². The smallest absolute Gasteiger partial charge is 0.202 e. The molecule has 1 aliphatic rings. The molecule has 3 rings (SSSR count). The standard InChI is InChI=1S/C11H11NOS2/c14-11-9-7-4-2-1-3-5-8(7)15-10(9)12-6-13-11/h6H,1-5H2. The van der Waals surface area contributed by atoms with Crippen LogP contribution in [-0.4, -0.2) is 4.98 Å². The fraction of sp³-hybridized carbons (Fsp3) is 0.455. The van der Waals surface area contributed by atoms with Crippen LogP contribution in [-0.2, 0) is 12.8 Å². The van der Waals surface area contributed by atoms with E-state index in [1.54, 1.807) is 11.3 Å². The van der Waals surface area contributed by atoms with E-state index < -0.39 is 0 Å². The van der Waals surface area contributed by atoms with Gasteiger partial charge < -0.3 is 4.42 Å². The highest BCUT2D eigenvalue weighted by molar-refractivity contribution is 7.71. The van der Waals surface area contributed by atoms with Crippen LogP contribution < -0.4 is 0 Å². The summed E-state index contributed by atoms with van der Waals surface area (Å²) in [5.41, 5.74) is 1.41. The molecule has 1 aliphatic carbocycles. The molecule has 0 N–H and O–H groups in total. The normalized spacial score (nSPS) is 16.3. The molecule has 2 heterocycles. The maximum Gasteiger partial charge on any atom is 0.202 e. The van der Waals surface area contributed by atoms with Gasteiger partial charge in [0.1, 0.15) is 4.83 Å². The molecule has 2 aromatic heterocycles. The zero-order valence-electron chi connectivity index (χ0n) is 8.28. The summed E-state index contributed by atoms with van der Waals surface area (Å²) in [6.07, 6.45) is 7.67. The second-order valence-electron chi connectivity index (χ2n) is 3.88. The molecule has 0 atom stereocenters. The Morgan fingerprint density at radius 1 is 1.27 bits per heavy atom. The van der Waals surface area contributed by atoms with Crippen LogP contribution in [0.5, 0.6) is 0 Å². The lowest BCUT2D eigenvalue weighted by molar-refractivity contribution is 0.523. The van der Waals surface area contributed by atoms with Crippen LogP contribution in [0.4, 0.5) is 0 Å². The van der Waals surface area contributed by atoms with Gasteiger partial charge in [0.2, 0.25) is 4.71 Å². The average molecular weight is 237 g/mol. The van der Waals surface area contributed by atoms with E-state index in [0.717, 1.165) is 16.6 Å². The van der Waals surface area contributed by atoms with Crippen LogP contribution in [0.1, 0.15) is 29.7 Å². The molecule has 0 amide bonds. The zero-order valence-corrected chi connectivity index (χ0v) is 9.92. The SMILES string of the molecule is S=c1ocnc2sc3c(c12)CCCCC3. The van der Waals surface area contributed by atoms with Crippen LogP contribution in [0.25, 0.3) is 10.2 Å². The van der Waals surface area contributed by atoms with Crippen LogP contribution >= 0.6 is 23.6 Å². The Bertz CT molecular complexity index is 555. The second-order valence-corrected chi connectivity index (χ2v) is 5.34. The number of nitrogens with zero attached hydrogens (tertiary/aromatic N) is 1. The van der Waals surface area contributed by atoms with E-state index >= 15 is 0 Å². The van der Waals surface area contributed by atoms with Gasteiger partial charge in [0, 0.05) is 4.88 Å². The maximum absolute atomic E-state index is 5.24. The van der Waals surface area contributed by atoms with Gasteiger partial charge in [0.05, 0.1) is 5.39 Å². The van der Waals surface area contributed by atoms with Gasteiger partial charge in [-0.05, 0) is 43.5 Å². The van der Waals surface area contributed by atoms with Crippen LogP contribution in [0, 0.1) is 4.71 Å². The first-order valence-electron chi connectivity index (χ1n) is 5.24. The summed E-state index contributed by atoms with van der Waals surface area (Å²) in [6.45, 7) is 0. The first-order valence-corrected chi connectivity index (χ1v) is 6.47. The van der Waals surface area contributed by atoms with Crippen molar-refractivity contribution in [1.29, 1.82) is 0 Å². The van der Waals surface area contributed by atoms with Crippen molar-refractivity contribution in [2.75, 3.05) is 0 Å². The van der Waals surface area contributed by atoms with E-state index in [1.807, 2.05) is 0 Å². The van der Waals surface area contributed by atoms with Crippen LogP contribution in [0.2, 0.25) is 0 Å². The third-order valence-corrected chi connectivity index (χ3v) is 4.44. The van der Waals surface area contributed by atoms with Crippen LogP contribution in [0.15, 0.2) is 10.8 Å². The molecule has 0 spiro atoms. The summed E-state index contributed by atoms with van der Waals surface area (Å²) in [4.78, 5) is 6.79. The van der Waals surface area contributed by atoms with Crippen molar-refractivity contribution >= 4 is 33.8 Å².